The van der Waals surface area contributed by atoms with Crippen LogP contribution in [0, 0.1) is 5.82 Å². The Kier molecular flexibility index (Phi) is 6.38. The van der Waals surface area contributed by atoms with E-state index in [2.05, 4.69) is 0 Å². The number of nitrogens with zero attached hydrogens (tertiary/aromatic N) is 1. The second-order valence-electron chi connectivity index (χ2n) is 6.66. The topological polar surface area (TPSA) is 83.9 Å². The molecule has 0 aromatic heterocycles. The molecule has 2 aromatic carbocycles. The Morgan fingerprint density at radius 1 is 1.31 bits per heavy atom. The Morgan fingerprint density at radius 3 is 2.69 bits per heavy atom. The van der Waals surface area contributed by atoms with Crippen molar-refractivity contribution in [2.24, 2.45) is 0 Å². The lowest BCUT2D eigenvalue weighted by atomic mass is 9.87. The summed E-state index contributed by atoms with van der Waals surface area (Å²) in [5.74, 6) is -1.71. The molecule has 1 aliphatic rings. The molecule has 0 aliphatic heterocycles. The molecule has 1 unspecified atom stereocenters. The third-order valence-corrected chi connectivity index (χ3v) is 7.40. The van der Waals surface area contributed by atoms with Crippen LogP contribution >= 0.6 is 23.2 Å². The van der Waals surface area contributed by atoms with Crippen molar-refractivity contribution in [1.29, 1.82) is 0 Å². The average molecular weight is 462 g/mol. The molecule has 0 amide bonds. The van der Waals surface area contributed by atoms with Gasteiger partial charge in [-0.2, -0.15) is 4.31 Å². The number of aliphatic carboxylic acids is 1. The standard InChI is InChI=1S/C19H18Cl2FNO5S/c1-23(29(26,27)18-6-5-11(20)7-15(18)21)16-4-2-3-13-14(16)8-12(22)9-17(13)28-10-19(24)25/h5-9,16H,2-4,10H2,1H3,(H,24,25). The number of fused-ring (bicyclic) bond motifs is 1. The van der Waals surface area contributed by atoms with E-state index in [0.717, 1.165) is 10.4 Å². The van der Waals surface area contributed by atoms with Gasteiger partial charge in [0.2, 0.25) is 10.0 Å². The number of benzene rings is 2. The Labute approximate surface area is 177 Å². The minimum Gasteiger partial charge on any atom is -0.482 e. The predicted octanol–water partition coefficient (Wildman–Crippen LogP) is 4.29. The smallest absolute Gasteiger partial charge is 0.341 e. The molecule has 0 saturated carbocycles. The molecule has 2 aromatic rings. The van der Waals surface area contributed by atoms with Gasteiger partial charge in [-0.05, 0) is 54.7 Å². The Balaban J connectivity index is 2.02. The molecule has 156 valence electrons. The molecule has 0 bridgehead atoms. The number of carboxylic acids is 1. The van der Waals surface area contributed by atoms with Gasteiger partial charge in [-0.15, -0.1) is 0 Å². The van der Waals surface area contributed by atoms with E-state index >= 15 is 0 Å². The molecule has 0 saturated heterocycles. The maximum Gasteiger partial charge on any atom is 0.341 e. The number of carbonyl (C=O) groups is 1. The molecule has 1 N–H and O–H groups in total. The first kappa shape index (κ1) is 21.8. The largest absolute Gasteiger partial charge is 0.482 e. The van der Waals surface area contributed by atoms with E-state index in [-0.39, 0.29) is 15.7 Å². The van der Waals surface area contributed by atoms with Gasteiger partial charge < -0.3 is 9.84 Å². The summed E-state index contributed by atoms with van der Waals surface area (Å²) in [6, 6.07) is 5.83. The molecule has 0 radical (unpaired) electrons. The van der Waals surface area contributed by atoms with Gasteiger partial charge in [0.25, 0.3) is 0 Å². The average Bonchev–Trinajstić information content (AvgIpc) is 2.64. The number of rotatable bonds is 6. The molecule has 29 heavy (non-hydrogen) atoms. The van der Waals surface area contributed by atoms with Gasteiger partial charge in [-0.25, -0.2) is 17.6 Å². The first-order valence-electron chi connectivity index (χ1n) is 8.71. The number of halogens is 3. The van der Waals surface area contributed by atoms with E-state index in [1.807, 2.05) is 0 Å². The molecule has 0 heterocycles. The van der Waals surface area contributed by atoms with Crippen molar-refractivity contribution in [2.45, 2.75) is 30.2 Å². The Hall–Kier alpha value is -1.87. The van der Waals surface area contributed by atoms with Crippen LogP contribution in [0.2, 0.25) is 10.0 Å². The number of carboxylic acid groups (broad SMARTS) is 1. The van der Waals surface area contributed by atoms with Crippen molar-refractivity contribution in [3.8, 4) is 5.75 Å². The zero-order chi connectivity index (χ0) is 21.3. The fourth-order valence-corrected chi connectivity index (χ4v) is 5.59. The summed E-state index contributed by atoms with van der Waals surface area (Å²) in [4.78, 5) is 10.7. The summed E-state index contributed by atoms with van der Waals surface area (Å²) < 4.78 is 46.9. The molecule has 1 atom stereocenters. The first-order chi connectivity index (χ1) is 13.6. The third-order valence-electron chi connectivity index (χ3n) is 4.81. The van der Waals surface area contributed by atoms with Crippen molar-refractivity contribution in [2.75, 3.05) is 13.7 Å². The van der Waals surface area contributed by atoms with Crippen LogP contribution in [-0.4, -0.2) is 37.5 Å². The first-order valence-corrected chi connectivity index (χ1v) is 10.9. The second-order valence-corrected chi connectivity index (χ2v) is 9.47. The van der Waals surface area contributed by atoms with E-state index < -0.39 is 34.5 Å². The van der Waals surface area contributed by atoms with Gasteiger partial charge in [-0.1, -0.05) is 23.2 Å². The van der Waals surface area contributed by atoms with Crippen LogP contribution in [0.4, 0.5) is 4.39 Å². The molecular formula is C19H18Cl2FNO5S. The van der Waals surface area contributed by atoms with Gasteiger partial charge in [0.1, 0.15) is 16.5 Å². The van der Waals surface area contributed by atoms with Crippen molar-refractivity contribution in [3.63, 3.8) is 0 Å². The van der Waals surface area contributed by atoms with E-state index in [0.29, 0.717) is 35.4 Å². The summed E-state index contributed by atoms with van der Waals surface area (Å²) in [5, 5.41) is 9.14. The minimum absolute atomic E-state index is 0.00916. The van der Waals surface area contributed by atoms with Gasteiger partial charge in [-0.3, -0.25) is 0 Å². The lowest BCUT2D eigenvalue weighted by molar-refractivity contribution is -0.139. The minimum atomic E-state index is -3.99. The molecule has 6 nitrogen and oxygen atoms in total. The van der Waals surface area contributed by atoms with Gasteiger partial charge in [0.15, 0.2) is 6.61 Å². The van der Waals surface area contributed by atoms with Crippen molar-refractivity contribution in [1.82, 2.24) is 4.31 Å². The number of hydrogen-bond donors (Lipinski definition) is 1. The SMILES string of the molecule is CN(C1CCCc2c(OCC(=O)O)cc(F)cc21)S(=O)(=O)c1ccc(Cl)cc1Cl. The third kappa shape index (κ3) is 4.50. The fourth-order valence-electron chi connectivity index (χ4n) is 3.48. The summed E-state index contributed by atoms with van der Waals surface area (Å²) in [6.45, 7) is -0.616. The van der Waals surface area contributed by atoms with Crippen molar-refractivity contribution >= 4 is 39.2 Å². The van der Waals surface area contributed by atoms with E-state index in [9.17, 15) is 17.6 Å². The molecule has 1 aliphatic carbocycles. The summed E-state index contributed by atoms with van der Waals surface area (Å²) >= 11 is 12.0. The summed E-state index contributed by atoms with van der Waals surface area (Å²) in [5.41, 5.74) is 1.06. The molecule has 3 rings (SSSR count). The number of sulfonamides is 1. The lowest BCUT2D eigenvalue weighted by Gasteiger charge is -2.33. The highest BCUT2D eigenvalue weighted by Gasteiger charge is 2.34. The van der Waals surface area contributed by atoms with E-state index in [1.165, 1.54) is 31.3 Å². The molecule has 10 heteroatoms. The molecular weight excluding hydrogens is 444 g/mol. The van der Waals surface area contributed by atoms with Crippen molar-refractivity contribution in [3.05, 3.63) is 57.3 Å². The maximum atomic E-state index is 14.2. The monoisotopic (exact) mass is 461 g/mol. The second kappa shape index (κ2) is 8.47. The molecule has 0 fully saturated rings. The highest BCUT2D eigenvalue weighted by Crippen LogP contribution is 2.41. The van der Waals surface area contributed by atoms with Crippen LogP contribution in [0.25, 0.3) is 0 Å². The summed E-state index contributed by atoms with van der Waals surface area (Å²) in [7, 11) is -2.59. The zero-order valence-corrected chi connectivity index (χ0v) is 17.7. The zero-order valence-electron chi connectivity index (χ0n) is 15.4. The fraction of sp³-hybridized carbons (Fsp3) is 0.316. The predicted molar refractivity (Wildman–Crippen MR) is 107 cm³/mol. The number of ether oxygens (including phenoxy) is 1. The highest BCUT2D eigenvalue weighted by molar-refractivity contribution is 7.89. The highest BCUT2D eigenvalue weighted by atomic mass is 35.5. The van der Waals surface area contributed by atoms with Gasteiger partial charge in [0, 0.05) is 18.1 Å². The van der Waals surface area contributed by atoms with Crippen molar-refractivity contribution < 1.29 is 27.4 Å². The molecule has 0 spiro atoms. The van der Waals surface area contributed by atoms with Crippen LogP contribution in [0.3, 0.4) is 0 Å². The van der Waals surface area contributed by atoms with Gasteiger partial charge >= 0.3 is 5.97 Å². The quantitative estimate of drug-likeness (QED) is 0.693. The maximum absolute atomic E-state index is 14.2. The van der Waals surface area contributed by atoms with Crippen LogP contribution in [-0.2, 0) is 21.2 Å². The van der Waals surface area contributed by atoms with Crippen LogP contribution in [0.1, 0.15) is 30.0 Å². The van der Waals surface area contributed by atoms with Gasteiger partial charge in [0.05, 0.1) is 11.1 Å². The van der Waals surface area contributed by atoms with Crippen LogP contribution in [0.5, 0.6) is 5.75 Å². The van der Waals surface area contributed by atoms with E-state index in [1.54, 1.807) is 0 Å². The lowest BCUT2D eigenvalue weighted by Crippen LogP contribution is -2.34. The van der Waals surface area contributed by atoms with E-state index in [4.69, 9.17) is 33.0 Å². The van der Waals surface area contributed by atoms with Crippen LogP contribution in [0.15, 0.2) is 35.2 Å². The number of hydrogen-bond acceptors (Lipinski definition) is 4. The Morgan fingerprint density at radius 2 is 2.03 bits per heavy atom. The Bertz CT molecular complexity index is 1060. The summed E-state index contributed by atoms with van der Waals surface area (Å²) in [6.07, 6.45) is 1.62. The van der Waals surface area contributed by atoms with Crippen LogP contribution < -0.4 is 4.74 Å². The normalized spacial score (nSPS) is 16.5.